The third kappa shape index (κ3) is 3.91. The fraction of sp³-hybridized carbons (Fsp3) is 0.250. The number of hydrogen-bond donors (Lipinski definition) is 2. The molecular formula is C12H12ClFN2O3S2. The lowest BCUT2D eigenvalue weighted by Crippen LogP contribution is -2.33. The molecule has 2 N–H and O–H groups in total. The second-order valence-electron chi connectivity index (χ2n) is 4.28. The quantitative estimate of drug-likeness (QED) is 0.809. The molecule has 21 heavy (non-hydrogen) atoms. The molecule has 1 amide bonds. The fourth-order valence-corrected chi connectivity index (χ4v) is 3.66. The maximum Gasteiger partial charge on any atom is 0.262 e. The summed E-state index contributed by atoms with van der Waals surface area (Å²) < 4.78 is 38.2. The largest absolute Gasteiger partial charge is 0.350 e. The second kappa shape index (κ2) is 6.27. The summed E-state index contributed by atoms with van der Waals surface area (Å²) in [5.74, 6) is -0.942. The standard InChI is InChI=1S/C12H12ClFN2O3S2/c1-21(18,19)16-6-5-15-12(17)11-10(13)9-7(14)3-2-4-8(9)20-11/h2-4,16H,5-6H2,1H3,(H,15,17). The lowest BCUT2D eigenvalue weighted by atomic mass is 10.2. The van der Waals surface area contributed by atoms with Gasteiger partial charge in [0, 0.05) is 23.2 Å². The van der Waals surface area contributed by atoms with Crippen molar-refractivity contribution in [3.8, 4) is 0 Å². The van der Waals surface area contributed by atoms with Crippen LogP contribution in [0.4, 0.5) is 4.39 Å². The number of amides is 1. The minimum absolute atomic E-state index is 0.0709. The van der Waals surface area contributed by atoms with E-state index in [2.05, 4.69) is 10.0 Å². The number of sulfonamides is 1. The summed E-state index contributed by atoms with van der Waals surface area (Å²) in [5, 5.41) is 2.83. The van der Waals surface area contributed by atoms with Crippen LogP contribution in [0.15, 0.2) is 18.2 Å². The predicted octanol–water partition coefficient (Wildman–Crippen LogP) is 1.97. The Balaban J connectivity index is 2.10. The Labute approximate surface area is 130 Å². The van der Waals surface area contributed by atoms with Crippen LogP contribution >= 0.6 is 22.9 Å². The fourth-order valence-electron chi connectivity index (χ4n) is 1.71. The number of fused-ring (bicyclic) bond motifs is 1. The first-order valence-corrected chi connectivity index (χ1v) is 8.97. The first kappa shape index (κ1) is 16.2. The van der Waals surface area contributed by atoms with Gasteiger partial charge in [-0.05, 0) is 12.1 Å². The Morgan fingerprint density at radius 1 is 1.38 bits per heavy atom. The first-order chi connectivity index (χ1) is 9.79. The van der Waals surface area contributed by atoms with Crippen LogP contribution in [0.1, 0.15) is 9.67 Å². The number of rotatable bonds is 5. The Kier molecular flexibility index (Phi) is 4.82. The van der Waals surface area contributed by atoms with Gasteiger partial charge in [0.15, 0.2) is 0 Å². The van der Waals surface area contributed by atoms with E-state index in [1.165, 1.54) is 6.07 Å². The molecule has 0 aliphatic heterocycles. The van der Waals surface area contributed by atoms with Crippen LogP contribution in [-0.4, -0.2) is 33.7 Å². The maximum absolute atomic E-state index is 13.7. The molecule has 1 aromatic heterocycles. The van der Waals surface area contributed by atoms with Gasteiger partial charge in [-0.1, -0.05) is 17.7 Å². The van der Waals surface area contributed by atoms with E-state index in [0.717, 1.165) is 17.6 Å². The molecule has 2 rings (SSSR count). The van der Waals surface area contributed by atoms with Gasteiger partial charge in [-0.15, -0.1) is 11.3 Å². The van der Waals surface area contributed by atoms with Gasteiger partial charge in [-0.2, -0.15) is 0 Å². The number of halogens is 2. The van der Waals surface area contributed by atoms with E-state index in [-0.39, 0.29) is 28.4 Å². The second-order valence-corrected chi connectivity index (χ2v) is 7.54. The molecule has 0 atom stereocenters. The number of carbonyl (C=O) groups excluding carboxylic acids is 1. The molecule has 5 nitrogen and oxygen atoms in total. The summed E-state index contributed by atoms with van der Waals surface area (Å²) >= 11 is 7.13. The molecule has 9 heteroatoms. The monoisotopic (exact) mass is 350 g/mol. The van der Waals surface area contributed by atoms with E-state index in [1.807, 2.05) is 0 Å². The van der Waals surface area contributed by atoms with Crippen molar-refractivity contribution in [1.82, 2.24) is 10.0 Å². The molecule has 0 radical (unpaired) electrons. The van der Waals surface area contributed by atoms with Crippen molar-refractivity contribution in [2.24, 2.45) is 0 Å². The van der Waals surface area contributed by atoms with Gasteiger partial charge in [0.2, 0.25) is 10.0 Å². The number of hydrogen-bond acceptors (Lipinski definition) is 4. The molecule has 0 unspecified atom stereocenters. The van der Waals surface area contributed by atoms with Gasteiger partial charge in [-0.25, -0.2) is 17.5 Å². The summed E-state index contributed by atoms with van der Waals surface area (Å²) in [6, 6.07) is 4.50. The molecule has 0 bridgehead atoms. The molecule has 0 fully saturated rings. The summed E-state index contributed by atoms with van der Waals surface area (Å²) in [5.41, 5.74) is 0. The zero-order valence-corrected chi connectivity index (χ0v) is 13.3. The maximum atomic E-state index is 13.7. The van der Waals surface area contributed by atoms with Crippen molar-refractivity contribution < 1.29 is 17.6 Å². The molecule has 0 spiro atoms. The van der Waals surface area contributed by atoms with E-state index < -0.39 is 21.7 Å². The van der Waals surface area contributed by atoms with Gasteiger partial charge in [0.1, 0.15) is 10.7 Å². The van der Waals surface area contributed by atoms with E-state index in [0.29, 0.717) is 4.70 Å². The smallest absolute Gasteiger partial charge is 0.262 e. The molecule has 2 aromatic rings. The van der Waals surface area contributed by atoms with Crippen molar-refractivity contribution in [3.63, 3.8) is 0 Å². The summed E-state index contributed by atoms with van der Waals surface area (Å²) in [7, 11) is -3.30. The summed E-state index contributed by atoms with van der Waals surface area (Å²) in [6.45, 7) is 0.181. The average Bonchev–Trinajstić information content (AvgIpc) is 2.72. The SMILES string of the molecule is CS(=O)(=O)NCCNC(=O)c1sc2cccc(F)c2c1Cl. The minimum atomic E-state index is -3.30. The van der Waals surface area contributed by atoms with Crippen LogP contribution in [0, 0.1) is 5.82 Å². The first-order valence-electron chi connectivity index (χ1n) is 5.89. The number of benzene rings is 1. The third-order valence-corrected chi connectivity index (χ3v) is 4.96. The molecule has 1 aromatic carbocycles. The van der Waals surface area contributed by atoms with E-state index in [1.54, 1.807) is 12.1 Å². The predicted molar refractivity (Wildman–Crippen MR) is 82.0 cm³/mol. The molecule has 0 saturated carbocycles. The highest BCUT2D eigenvalue weighted by molar-refractivity contribution is 7.88. The van der Waals surface area contributed by atoms with E-state index in [9.17, 15) is 17.6 Å². The Morgan fingerprint density at radius 2 is 2.10 bits per heavy atom. The summed E-state index contributed by atoms with van der Waals surface area (Å²) in [6.07, 6.45) is 1.03. The molecule has 0 aliphatic carbocycles. The van der Waals surface area contributed by atoms with Gasteiger partial charge in [-0.3, -0.25) is 4.79 Å². The van der Waals surface area contributed by atoms with E-state index >= 15 is 0 Å². The van der Waals surface area contributed by atoms with Gasteiger partial charge >= 0.3 is 0 Å². The van der Waals surface area contributed by atoms with Crippen LogP contribution < -0.4 is 10.0 Å². The van der Waals surface area contributed by atoms with Crippen molar-refractivity contribution in [2.45, 2.75) is 0 Å². The molecule has 0 aliphatic rings. The number of nitrogens with one attached hydrogen (secondary N) is 2. The minimum Gasteiger partial charge on any atom is -0.350 e. The Hall–Kier alpha value is -1.22. The molecular weight excluding hydrogens is 339 g/mol. The van der Waals surface area contributed by atoms with Gasteiger partial charge in [0.25, 0.3) is 5.91 Å². The van der Waals surface area contributed by atoms with Crippen LogP contribution in [0.2, 0.25) is 5.02 Å². The highest BCUT2D eigenvalue weighted by Crippen LogP contribution is 2.36. The Bertz CT molecular complexity index is 789. The topological polar surface area (TPSA) is 75.3 Å². The van der Waals surface area contributed by atoms with Crippen molar-refractivity contribution in [3.05, 3.63) is 33.9 Å². The highest BCUT2D eigenvalue weighted by atomic mass is 35.5. The third-order valence-electron chi connectivity index (χ3n) is 2.59. The van der Waals surface area contributed by atoms with Crippen molar-refractivity contribution >= 4 is 49.0 Å². The molecule has 0 saturated heterocycles. The lowest BCUT2D eigenvalue weighted by Gasteiger charge is -2.04. The normalized spacial score (nSPS) is 11.8. The zero-order valence-electron chi connectivity index (χ0n) is 10.9. The van der Waals surface area contributed by atoms with Crippen LogP contribution in [0.5, 0.6) is 0 Å². The van der Waals surface area contributed by atoms with Crippen LogP contribution in [0.3, 0.4) is 0 Å². The highest BCUT2D eigenvalue weighted by Gasteiger charge is 2.19. The van der Waals surface area contributed by atoms with Gasteiger partial charge < -0.3 is 5.32 Å². The molecule has 1 heterocycles. The lowest BCUT2D eigenvalue weighted by molar-refractivity contribution is 0.0958. The van der Waals surface area contributed by atoms with Crippen molar-refractivity contribution in [2.75, 3.05) is 19.3 Å². The average molecular weight is 351 g/mol. The van der Waals surface area contributed by atoms with E-state index in [4.69, 9.17) is 11.6 Å². The number of thiophene rings is 1. The van der Waals surface area contributed by atoms with Gasteiger partial charge in [0.05, 0.1) is 11.3 Å². The zero-order chi connectivity index (χ0) is 15.6. The Morgan fingerprint density at radius 3 is 2.71 bits per heavy atom. The number of carbonyl (C=O) groups is 1. The van der Waals surface area contributed by atoms with Crippen LogP contribution in [0.25, 0.3) is 10.1 Å². The molecule has 114 valence electrons. The van der Waals surface area contributed by atoms with Crippen molar-refractivity contribution in [1.29, 1.82) is 0 Å². The van der Waals surface area contributed by atoms with Crippen LogP contribution in [-0.2, 0) is 10.0 Å². The summed E-state index contributed by atoms with van der Waals surface area (Å²) in [4.78, 5) is 12.2.